The maximum atomic E-state index is 5.47. The van der Waals surface area contributed by atoms with Gasteiger partial charge in [-0.3, -0.25) is 0 Å². The van der Waals surface area contributed by atoms with Crippen LogP contribution in [0.4, 0.5) is 0 Å². The van der Waals surface area contributed by atoms with Gasteiger partial charge in [0.05, 0.1) is 6.10 Å². The Morgan fingerprint density at radius 1 is 1.33 bits per heavy atom. The zero-order valence-corrected chi connectivity index (χ0v) is 5.55. The monoisotopic (exact) mass is 124 g/mol. The molecule has 0 radical (unpaired) electrons. The molecule has 50 valence electrons. The summed E-state index contributed by atoms with van der Waals surface area (Å²) < 4.78 is 5.47. The summed E-state index contributed by atoms with van der Waals surface area (Å²) in [5.74, 6) is 0.856. The topological polar surface area (TPSA) is 9.23 Å². The van der Waals surface area contributed by atoms with Gasteiger partial charge in [0.1, 0.15) is 0 Å². The molecule has 2 atom stereocenters. The second-order valence-corrected chi connectivity index (χ2v) is 2.89. The fourth-order valence-corrected chi connectivity index (χ4v) is 1.72. The molecular weight excluding hydrogens is 112 g/mol. The highest BCUT2D eigenvalue weighted by atomic mass is 16.5. The Morgan fingerprint density at radius 2 is 2.33 bits per heavy atom. The molecule has 0 amide bonds. The van der Waals surface area contributed by atoms with Gasteiger partial charge in [0.2, 0.25) is 0 Å². The van der Waals surface area contributed by atoms with Gasteiger partial charge in [-0.05, 0) is 25.2 Å². The zero-order valence-electron chi connectivity index (χ0n) is 5.55. The van der Waals surface area contributed by atoms with Crippen LogP contribution in [0.3, 0.4) is 0 Å². The number of rotatable bonds is 0. The highest BCUT2D eigenvalue weighted by Gasteiger charge is 2.26. The summed E-state index contributed by atoms with van der Waals surface area (Å²) in [5.41, 5.74) is 0. The first-order valence-corrected chi connectivity index (χ1v) is 3.75. The van der Waals surface area contributed by atoms with Crippen LogP contribution in [0.15, 0.2) is 12.2 Å². The third-order valence-electron chi connectivity index (χ3n) is 2.29. The van der Waals surface area contributed by atoms with Crippen LogP contribution in [0.1, 0.15) is 19.3 Å². The van der Waals surface area contributed by atoms with E-state index < -0.39 is 0 Å². The predicted molar refractivity (Wildman–Crippen MR) is 36.2 cm³/mol. The molecule has 1 aliphatic carbocycles. The van der Waals surface area contributed by atoms with E-state index in [9.17, 15) is 0 Å². The lowest BCUT2D eigenvalue weighted by atomic mass is 9.91. The Morgan fingerprint density at radius 3 is 3.22 bits per heavy atom. The Kier molecular flexibility index (Phi) is 1.31. The first kappa shape index (κ1) is 5.48. The van der Waals surface area contributed by atoms with Gasteiger partial charge >= 0.3 is 0 Å². The summed E-state index contributed by atoms with van der Waals surface area (Å²) in [6, 6.07) is 0. The minimum absolute atomic E-state index is 0.485. The lowest BCUT2D eigenvalue weighted by Gasteiger charge is -2.17. The number of allylic oxidation sites excluding steroid dienone is 1. The maximum Gasteiger partial charge on any atom is 0.0784 e. The molecule has 0 aromatic heterocycles. The van der Waals surface area contributed by atoms with Crippen LogP contribution in [0.5, 0.6) is 0 Å². The third kappa shape index (κ3) is 0.897. The van der Waals surface area contributed by atoms with Gasteiger partial charge in [0, 0.05) is 6.61 Å². The van der Waals surface area contributed by atoms with Gasteiger partial charge in [-0.25, -0.2) is 0 Å². The normalized spacial score (nSPS) is 40.9. The third-order valence-corrected chi connectivity index (χ3v) is 2.29. The van der Waals surface area contributed by atoms with Crippen LogP contribution in [0, 0.1) is 5.92 Å². The number of ether oxygens (including phenoxy) is 1. The van der Waals surface area contributed by atoms with Crippen LogP contribution < -0.4 is 0 Å². The molecule has 0 spiro atoms. The summed E-state index contributed by atoms with van der Waals surface area (Å²) >= 11 is 0. The van der Waals surface area contributed by atoms with Gasteiger partial charge < -0.3 is 4.74 Å². The highest BCUT2D eigenvalue weighted by molar-refractivity contribution is 5.00. The molecule has 0 N–H and O–H groups in total. The first-order chi connectivity index (χ1) is 4.47. The van der Waals surface area contributed by atoms with Gasteiger partial charge in [0.25, 0.3) is 0 Å². The molecular formula is C8H12O. The van der Waals surface area contributed by atoms with Crippen molar-refractivity contribution < 1.29 is 4.74 Å². The van der Waals surface area contributed by atoms with E-state index in [4.69, 9.17) is 4.74 Å². The molecule has 1 aliphatic heterocycles. The van der Waals surface area contributed by atoms with Gasteiger partial charge in [-0.1, -0.05) is 12.2 Å². The Labute approximate surface area is 55.7 Å². The zero-order chi connectivity index (χ0) is 6.10. The van der Waals surface area contributed by atoms with E-state index in [-0.39, 0.29) is 0 Å². The van der Waals surface area contributed by atoms with E-state index in [0.717, 1.165) is 12.5 Å². The number of hydrogen-bond acceptors (Lipinski definition) is 1. The van der Waals surface area contributed by atoms with Crippen molar-refractivity contribution in [1.82, 2.24) is 0 Å². The van der Waals surface area contributed by atoms with E-state index in [1.54, 1.807) is 0 Å². The van der Waals surface area contributed by atoms with E-state index in [1.807, 2.05) is 0 Å². The smallest absolute Gasteiger partial charge is 0.0784 e. The molecule has 1 saturated heterocycles. The van der Waals surface area contributed by atoms with E-state index >= 15 is 0 Å². The molecule has 2 aliphatic rings. The van der Waals surface area contributed by atoms with Crippen molar-refractivity contribution in [2.45, 2.75) is 25.4 Å². The Balaban J connectivity index is 2.10. The van der Waals surface area contributed by atoms with Gasteiger partial charge in [-0.2, -0.15) is 0 Å². The number of fused-ring (bicyclic) bond motifs is 1. The lowest BCUT2D eigenvalue weighted by molar-refractivity contribution is 0.122. The molecule has 2 unspecified atom stereocenters. The minimum Gasteiger partial charge on any atom is -0.374 e. The van der Waals surface area contributed by atoms with E-state index in [0.29, 0.717) is 6.10 Å². The van der Waals surface area contributed by atoms with Gasteiger partial charge in [0.15, 0.2) is 0 Å². The SMILES string of the molecule is C1=CC2OCCC2CC1. The summed E-state index contributed by atoms with van der Waals surface area (Å²) in [7, 11) is 0. The molecule has 0 aromatic rings. The van der Waals surface area contributed by atoms with Crippen LogP contribution in [0.25, 0.3) is 0 Å². The van der Waals surface area contributed by atoms with Crippen molar-refractivity contribution in [2.75, 3.05) is 6.61 Å². The number of hydrogen-bond donors (Lipinski definition) is 0. The van der Waals surface area contributed by atoms with Crippen LogP contribution in [-0.4, -0.2) is 12.7 Å². The van der Waals surface area contributed by atoms with Crippen molar-refractivity contribution in [2.24, 2.45) is 5.92 Å². The van der Waals surface area contributed by atoms with Crippen molar-refractivity contribution >= 4 is 0 Å². The molecule has 0 bridgehead atoms. The highest BCUT2D eigenvalue weighted by Crippen LogP contribution is 2.29. The van der Waals surface area contributed by atoms with Crippen molar-refractivity contribution in [1.29, 1.82) is 0 Å². The quantitative estimate of drug-likeness (QED) is 0.447. The molecule has 0 aromatic carbocycles. The second kappa shape index (κ2) is 2.14. The average molecular weight is 124 g/mol. The fourth-order valence-electron chi connectivity index (χ4n) is 1.72. The van der Waals surface area contributed by atoms with Crippen molar-refractivity contribution in [3.63, 3.8) is 0 Å². The summed E-state index contributed by atoms with van der Waals surface area (Å²) in [5, 5.41) is 0. The van der Waals surface area contributed by atoms with E-state index in [2.05, 4.69) is 12.2 Å². The molecule has 0 saturated carbocycles. The van der Waals surface area contributed by atoms with Crippen LogP contribution in [0.2, 0.25) is 0 Å². The van der Waals surface area contributed by atoms with Gasteiger partial charge in [-0.15, -0.1) is 0 Å². The molecule has 1 heterocycles. The van der Waals surface area contributed by atoms with Crippen LogP contribution in [-0.2, 0) is 4.74 Å². The summed E-state index contributed by atoms with van der Waals surface area (Å²) in [6.07, 6.45) is 8.85. The Hall–Kier alpha value is -0.300. The minimum atomic E-state index is 0.485. The largest absolute Gasteiger partial charge is 0.374 e. The molecule has 1 nitrogen and oxygen atoms in total. The molecule has 1 fully saturated rings. The van der Waals surface area contributed by atoms with Crippen molar-refractivity contribution in [3.05, 3.63) is 12.2 Å². The molecule has 1 heteroatoms. The fraction of sp³-hybridized carbons (Fsp3) is 0.750. The summed E-state index contributed by atoms with van der Waals surface area (Å²) in [4.78, 5) is 0. The summed E-state index contributed by atoms with van der Waals surface area (Å²) in [6.45, 7) is 0.986. The second-order valence-electron chi connectivity index (χ2n) is 2.89. The van der Waals surface area contributed by atoms with Crippen LogP contribution >= 0.6 is 0 Å². The first-order valence-electron chi connectivity index (χ1n) is 3.75. The standard InChI is InChI=1S/C8H12O/c1-2-4-8-7(3-1)5-6-9-8/h2,4,7-8H,1,3,5-6H2. The predicted octanol–water partition coefficient (Wildman–Crippen LogP) is 1.74. The Bertz CT molecular complexity index is 129. The molecule has 9 heavy (non-hydrogen) atoms. The van der Waals surface area contributed by atoms with Crippen molar-refractivity contribution in [3.8, 4) is 0 Å². The average Bonchev–Trinajstić information content (AvgIpc) is 2.33. The maximum absolute atomic E-state index is 5.47. The molecule has 2 rings (SSSR count). The lowest BCUT2D eigenvalue weighted by Crippen LogP contribution is -2.15. The van der Waals surface area contributed by atoms with E-state index in [1.165, 1.54) is 19.3 Å².